The third-order valence-electron chi connectivity index (χ3n) is 6.91. The summed E-state index contributed by atoms with van der Waals surface area (Å²) < 4.78 is 11.0. The van der Waals surface area contributed by atoms with Crippen LogP contribution in [0.5, 0.6) is 11.5 Å². The molecule has 1 aromatic heterocycles. The van der Waals surface area contributed by atoms with Crippen molar-refractivity contribution in [2.75, 3.05) is 33.0 Å². The number of carbonyl (C=O) groups excluding carboxylic acids is 2. The maximum atomic E-state index is 13.8. The van der Waals surface area contributed by atoms with Crippen molar-refractivity contribution in [2.45, 2.75) is 19.8 Å². The van der Waals surface area contributed by atoms with Crippen LogP contribution in [0.1, 0.15) is 40.5 Å². The number of allylic oxidation sites excluding steroid dienone is 1. The van der Waals surface area contributed by atoms with Gasteiger partial charge >= 0.3 is 0 Å². The number of pyridine rings is 1. The van der Waals surface area contributed by atoms with E-state index in [1.165, 1.54) is 0 Å². The van der Waals surface area contributed by atoms with Gasteiger partial charge in [0.25, 0.3) is 5.91 Å². The number of benzene rings is 2. The summed E-state index contributed by atoms with van der Waals surface area (Å²) in [6.07, 6.45) is 3.74. The Balaban J connectivity index is 1.40. The molecule has 6 rings (SSSR count). The average molecular weight is 456 g/mol. The highest BCUT2D eigenvalue weighted by Gasteiger charge is 2.31. The molecule has 7 heteroatoms. The van der Waals surface area contributed by atoms with Crippen molar-refractivity contribution in [3.63, 3.8) is 0 Å². The first-order valence-corrected chi connectivity index (χ1v) is 11.7. The van der Waals surface area contributed by atoms with Gasteiger partial charge in [-0.3, -0.25) is 9.59 Å². The number of fused-ring (bicyclic) bond motifs is 3. The van der Waals surface area contributed by atoms with Gasteiger partial charge < -0.3 is 19.3 Å². The third kappa shape index (κ3) is 3.48. The van der Waals surface area contributed by atoms with Gasteiger partial charge in [0.2, 0.25) is 12.7 Å². The molecule has 1 fully saturated rings. The lowest BCUT2D eigenvalue weighted by Gasteiger charge is -2.34. The Morgan fingerprint density at radius 3 is 2.53 bits per heavy atom. The monoisotopic (exact) mass is 455 g/mol. The molecule has 172 valence electrons. The Morgan fingerprint density at radius 2 is 1.71 bits per heavy atom. The molecule has 34 heavy (non-hydrogen) atoms. The molecule has 0 N–H and O–H groups in total. The van der Waals surface area contributed by atoms with Crippen LogP contribution in [-0.4, -0.2) is 59.6 Å². The number of hydrogen-bond acceptors (Lipinski definition) is 5. The first-order chi connectivity index (χ1) is 16.6. The summed E-state index contributed by atoms with van der Waals surface area (Å²) in [5.74, 6) is 1.60. The molecule has 2 aliphatic heterocycles. The fourth-order valence-electron chi connectivity index (χ4n) is 5.11. The fourth-order valence-corrected chi connectivity index (χ4v) is 5.11. The van der Waals surface area contributed by atoms with E-state index in [2.05, 4.69) is 6.08 Å². The summed E-state index contributed by atoms with van der Waals surface area (Å²) in [7, 11) is 0. The van der Waals surface area contributed by atoms with Crippen molar-refractivity contribution in [3.05, 3.63) is 64.8 Å². The smallest absolute Gasteiger partial charge is 0.255 e. The highest BCUT2D eigenvalue weighted by Crippen LogP contribution is 2.39. The topological polar surface area (TPSA) is 72.0 Å². The van der Waals surface area contributed by atoms with Gasteiger partial charge in [-0.05, 0) is 53.8 Å². The summed E-state index contributed by atoms with van der Waals surface area (Å²) in [6.45, 7) is 4.06. The van der Waals surface area contributed by atoms with Crippen molar-refractivity contribution >= 4 is 34.4 Å². The SMILES string of the molecule is CC(=O)N1CCN(C(=O)c2c3c(nc4ccccc24)/C(=C\c2ccc4c(c2)OCO4)CC3)CC1. The number of rotatable bonds is 2. The predicted molar refractivity (Wildman–Crippen MR) is 129 cm³/mol. The number of para-hydroxylation sites is 1. The lowest BCUT2D eigenvalue weighted by molar-refractivity contribution is -0.130. The van der Waals surface area contributed by atoms with Gasteiger partial charge in [-0.1, -0.05) is 24.3 Å². The first-order valence-electron chi connectivity index (χ1n) is 11.7. The molecule has 0 radical (unpaired) electrons. The zero-order chi connectivity index (χ0) is 23.2. The highest BCUT2D eigenvalue weighted by atomic mass is 16.7. The molecule has 0 saturated carbocycles. The van der Waals surface area contributed by atoms with Gasteiger partial charge in [0.05, 0.1) is 16.8 Å². The second-order valence-corrected chi connectivity index (χ2v) is 8.91. The zero-order valence-electron chi connectivity index (χ0n) is 19.0. The van der Waals surface area contributed by atoms with E-state index in [4.69, 9.17) is 14.5 Å². The largest absolute Gasteiger partial charge is 0.454 e. The average Bonchev–Trinajstić information content (AvgIpc) is 3.49. The Bertz CT molecular complexity index is 1360. The third-order valence-corrected chi connectivity index (χ3v) is 6.91. The van der Waals surface area contributed by atoms with Crippen LogP contribution in [0.25, 0.3) is 22.6 Å². The van der Waals surface area contributed by atoms with Crippen molar-refractivity contribution < 1.29 is 19.1 Å². The molecule has 1 saturated heterocycles. The van der Waals surface area contributed by atoms with E-state index < -0.39 is 0 Å². The van der Waals surface area contributed by atoms with Crippen LogP contribution in [0.3, 0.4) is 0 Å². The van der Waals surface area contributed by atoms with Gasteiger partial charge in [0.1, 0.15) is 0 Å². The Morgan fingerprint density at radius 1 is 0.941 bits per heavy atom. The number of ether oxygens (including phenoxy) is 2. The van der Waals surface area contributed by atoms with Gasteiger partial charge in [-0.2, -0.15) is 0 Å². The van der Waals surface area contributed by atoms with Crippen molar-refractivity contribution in [1.29, 1.82) is 0 Å². The maximum absolute atomic E-state index is 13.8. The molecule has 2 aromatic carbocycles. The van der Waals surface area contributed by atoms with Crippen LogP contribution in [0.15, 0.2) is 42.5 Å². The molecule has 3 aromatic rings. The van der Waals surface area contributed by atoms with Crippen LogP contribution in [0, 0.1) is 0 Å². The van der Waals surface area contributed by atoms with Crippen LogP contribution in [0.4, 0.5) is 0 Å². The molecule has 0 bridgehead atoms. The number of nitrogens with zero attached hydrogens (tertiary/aromatic N) is 3. The fraction of sp³-hybridized carbons (Fsp3) is 0.296. The molecule has 3 heterocycles. The van der Waals surface area contributed by atoms with Gasteiger partial charge in [-0.15, -0.1) is 0 Å². The molecular formula is C27H25N3O4. The number of amides is 2. The second kappa shape index (κ2) is 8.17. The normalized spacial score (nSPS) is 18.0. The number of hydrogen-bond donors (Lipinski definition) is 0. The molecule has 7 nitrogen and oxygen atoms in total. The number of piperazine rings is 1. The summed E-state index contributed by atoms with van der Waals surface area (Å²) in [6, 6.07) is 13.8. The summed E-state index contributed by atoms with van der Waals surface area (Å²) in [4.78, 5) is 34.2. The Labute approximate surface area is 197 Å². The molecular weight excluding hydrogens is 430 g/mol. The number of carbonyl (C=O) groups is 2. The van der Waals surface area contributed by atoms with Crippen molar-refractivity contribution in [3.8, 4) is 11.5 Å². The van der Waals surface area contributed by atoms with Gasteiger partial charge in [0.15, 0.2) is 11.5 Å². The van der Waals surface area contributed by atoms with Crippen LogP contribution in [-0.2, 0) is 11.2 Å². The van der Waals surface area contributed by atoms with Gasteiger partial charge in [0, 0.05) is 38.5 Å². The molecule has 3 aliphatic rings. The Kier molecular flexibility index (Phi) is 4.98. The van der Waals surface area contributed by atoms with Crippen LogP contribution >= 0.6 is 0 Å². The summed E-state index contributed by atoms with van der Waals surface area (Å²) in [5, 5.41) is 0.893. The van der Waals surface area contributed by atoms with E-state index >= 15 is 0 Å². The molecule has 0 spiro atoms. The quantitative estimate of drug-likeness (QED) is 0.589. The van der Waals surface area contributed by atoms with E-state index in [0.717, 1.165) is 63.2 Å². The second-order valence-electron chi connectivity index (χ2n) is 8.91. The minimum Gasteiger partial charge on any atom is -0.454 e. The van der Waals surface area contributed by atoms with Crippen molar-refractivity contribution in [2.24, 2.45) is 0 Å². The standard InChI is InChI=1S/C27H25N3O4/c1-17(31)29-10-12-30(13-11-29)27(32)25-20-4-2-3-5-22(20)28-26-19(7-8-21(25)26)14-18-6-9-23-24(15-18)34-16-33-23/h2-6,9,14-15H,7-8,10-13,16H2,1H3/b19-14-. The maximum Gasteiger partial charge on any atom is 0.255 e. The summed E-state index contributed by atoms with van der Waals surface area (Å²) >= 11 is 0. The zero-order valence-corrected chi connectivity index (χ0v) is 19.0. The minimum atomic E-state index is 0.0300. The van der Waals surface area contributed by atoms with E-state index in [1.54, 1.807) is 11.8 Å². The molecule has 2 amide bonds. The predicted octanol–water partition coefficient (Wildman–Crippen LogP) is 3.75. The summed E-state index contributed by atoms with van der Waals surface area (Å²) in [5.41, 5.74) is 5.65. The van der Waals surface area contributed by atoms with Crippen molar-refractivity contribution in [1.82, 2.24) is 14.8 Å². The van der Waals surface area contributed by atoms with E-state index in [9.17, 15) is 9.59 Å². The highest BCUT2D eigenvalue weighted by molar-refractivity contribution is 6.09. The Hall–Kier alpha value is -3.87. The molecule has 0 atom stereocenters. The lowest BCUT2D eigenvalue weighted by Crippen LogP contribution is -2.50. The lowest BCUT2D eigenvalue weighted by atomic mass is 9.99. The van der Waals surface area contributed by atoms with Crippen LogP contribution in [0.2, 0.25) is 0 Å². The molecule has 1 aliphatic carbocycles. The van der Waals surface area contributed by atoms with E-state index in [-0.39, 0.29) is 18.6 Å². The minimum absolute atomic E-state index is 0.0300. The van der Waals surface area contributed by atoms with E-state index in [1.807, 2.05) is 47.4 Å². The van der Waals surface area contributed by atoms with Gasteiger partial charge in [-0.25, -0.2) is 4.98 Å². The number of aromatic nitrogens is 1. The first kappa shape index (κ1) is 20.7. The van der Waals surface area contributed by atoms with E-state index in [0.29, 0.717) is 26.2 Å². The van der Waals surface area contributed by atoms with Crippen LogP contribution < -0.4 is 9.47 Å². The molecule has 0 unspecified atom stereocenters.